The Balaban J connectivity index is 2.91. The molecule has 0 bridgehead atoms. The predicted octanol–water partition coefficient (Wildman–Crippen LogP) is 2.91. The summed E-state index contributed by atoms with van der Waals surface area (Å²) in [6, 6.07) is 6.00. The molecule has 15 heavy (non-hydrogen) atoms. The molecule has 0 aromatic heterocycles. The fourth-order valence-electron chi connectivity index (χ4n) is 1.56. The van der Waals surface area contributed by atoms with Crippen LogP contribution >= 0.6 is 0 Å². The number of hydrogen-bond acceptors (Lipinski definition) is 2. The first-order valence-corrected chi connectivity index (χ1v) is 5.34. The van der Waals surface area contributed by atoms with Crippen molar-refractivity contribution in [2.75, 3.05) is 0 Å². The molecule has 2 nitrogen and oxygen atoms in total. The van der Waals surface area contributed by atoms with Crippen molar-refractivity contribution in [3.63, 3.8) is 0 Å². The minimum Gasteiger partial charge on any atom is -0.491 e. The number of aryl methyl sites for hydroxylation is 1. The molecule has 0 aliphatic heterocycles. The molecule has 1 aromatic carbocycles. The van der Waals surface area contributed by atoms with Crippen molar-refractivity contribution >= 4 is 6.29 Å². The van der Waals surface area contributed by atoms with Gasteiger partial charge in [-0.3, -0.25) is 0 Å². The Hall–Kier alpha value is -1.31. The van der Waals surface area contributed by atoms with Crippen molar-refractivity contribution in [3.8, 4) is 5.75 Å². The van der Waals surface area contributed by atoms with E-state index < -0.39 is 0 Å². The average molecular weight is 206 g/mol. The van der Waals surface area contributed by atoms with Crippen molar-refractivity contribution in [2.45, 2.75) is 39.7 Å². The van der Waals surface area contributed by atoms with Crippen LogP contribution in [0.15, 0.2) is 18.2 Å². The quantitative estimate of drug-likeness (QED) is 0.692. The molecule has 0 fully saturated rings. The molecule has 0 spiro atoms. The summed E-state index contributed by atoms with van der Waals surface area (Å²) < 4.78 is 5.71. The first kappa shape index (κ1) is 11.8. The van der Waals surface area contributed by atoms with Crippen LogP contribution in [-0.2, 0) is 11.2 Å². The molecule has 0 saturated carbocycles. The Morgan fingerprint density at radius 2 is 2.13 bits per heavy atom. The fraction of sp³-hybridized carbons (Fsp3) is 0.462. The number of carbonyl (C=O) groups is 1. The number of rotatable bonds is 5. The molecule has 0 N–H and O–H groups in total. The Morgan fingerprint density at radius 1 is 1.40 bits per heavy atom. The van der Waals surface area contributed by atoms with E-state index in [2.05, 4.69) is 0 Å². The van der Waals surface area contributed by atoms with E-state index >= 15 is 0 Å². The molecule has 0 aliphatic carbocycles. The molecule has 0 radical (unpaired) electrons. The van der Waals surface area contributed by atoms with Crippen LogP contribution in [0.1, 0.15) is 31.4 Å². The number of hydrogen-bond donors (Lipinski definition) is 0. The summed E-state index contributed by atoms with van der Waals surface area (Å²) in [5, 5.41) is 0. The van der Waals surface area contributed by atoms with Crippen molar-refractivity contribution in [2.24, 2.45) is 0 Å². The minimum absolute atomic E-state index is 0.168. The Labute approximate surface area is 91.3 Å². The van der Waals surface area contributed by atoms with Crippen molar-refractivity contribution in [1.29, 1.82) is 0 Å². The number of aldehydes is 1. The molecule has 0 atom stereocenters. The monoisotopic (exact) mass is 206 g/mol. The van der Waals surface area contributed by atoms with Crippen molar-refractivity contribution in [1.82, 2.24) is 0 Å². The smallest absolute Gasteiger partial charge is 0.123 e. The molecule has 0 amide bonds. The van der Waals surface area contributed by atoms with Gasteiger partial charge in [-0.2, -0.15) is 0 Å². The van der Waals surface area contributed by atoms with Gasteiger partial charge in [0.25, 0.3) is 0 Å². The van der Waals surface area contributed by atoms with Gasteiger partial charge in [-0.1, -0.05) is 12.1 Å². The van der Waals surface area contributed by atoms with Crippen LogP contribution in [0.3, 0.4) is 0 Å². The minimum atomic E-state index is 0.168. The Morgan fingerprint density at radius 3 is 2.73 bits per heavy atom. The fourth-order valence-corrected chi connectivity index (χ4v) is 1.56. The van der Waals surface area contributed by atoms with E-state index in [1.807, 2.05) is 39.0 Å². The third kappa shape index (κ3) is 3.39. The van der Waals surface area contributed by atoms with E-state index in [0.29, 0.717) is 6.42 Å². The topological polar surface area (TPSA) is 26.3 Å². The highest BCUT2D eigenvalue weighted by molar-refractivity contribution is 5.51. The molecule has 1 aromatic rings. The van der Waals surface area contributed by atoms with E-state index in [1.165, 1.54) is 5.56 Å². The van der Waals surface area contributed by atoms with E-state index in [0.717, 1.165) is 24.0 Å². The van der Waals surface area contributed by atoms with Gasteiger partial charge in [0.1, 0.15) is 12.0 Å². The largest absolute Gasteiger partial charge is 0.491 e. The summed E-state index contributed by atoms with van der Waals surface area (Å²) >= 11 is 0. The summed E-state index contributed by atoms with van der Waals surface area (Å²) in [6.45, 7) is 6.06. The highest BCUT2D eigenvalue weighted by Crippen LogP contribution is 2.24. The zero-order valence-electron chi connectivity index (χ0n) is 9.62. The lowest BCUT2D eigenvalue weighted by atomic mass is 10.0. The summed E-state index contributed by atoms with van der Waals surface area (Å²) in [5.74, 6) is 0.909. The van der Waals surface area contributed by atoms with Crippen LogP contribution in [0.25, 0.3) is 0 Å². The second-order valence-electron chi connectivity index (χ2n) is 3.92. The summed E-state index contributed by atoms with van der Waals surface area (Å²) in [6.07, 6.45) is 2.44. The highest BCUT2D eigenvalue weighted by atomic mass is 16.5. The van der Waals surface area contributed by atoms with Gasteiger partial charge < -0.3 is 9.53 Å². The molecule has 1 rings (SSSR count). The lowest BCUT2D eigenvalue weighted by Crippen LogP contribution is -2.08. The highest BCUT2D eigenvalue weighted by Gasteiger charge is 2.07. The maximum absolute atomic E-state index is 10.4. The maximum atomic E-state index is 10.4. The number of carbonyl (C=O) groups excluding carboxylic acids is 1. The van der Waals surface area contributed by atoms with Crippen molar-refractivity contribution in [3.05, 3.63) is 29.3 Å². The summed E-state index contributed by atoms with van der Waals surface area (Å²) in [5.41, 5.74) is 2.34. The van der Waals surface area contributed by atoms with Gasteiger partial charge in [-0.05, 0) is 44.4 Å². The van der Waals surface area contributed by atoms with Gasteiger partial charge >= 0.3 is 0 Å². The first-order chi connectivity index (χ1) is 7.15. The van der Waals surface area contributed by atoms with E-state index in [1.54, 1.807) is 0 Å². The van der Waals surface area contributed by atoms with E-state index in [4.69, 9.17) is 4.74 Å². The van der Waals surface area contributed by atoms with Crippen LogP contribution in [0.2, 0.25) is 0 Å². The second-order valence-corrected chi connectivity index (χ2v) is 3.92. The summed E-state index contributed by atoms with van der Waals surface area (Å²) in [4.78, 5) is 10.4. The van der Waals surface area contributed by atoms with Crippen molar-refractivity contribution < 1.29 is 9.53 Å². The van der Waals surface area contributed by atoms with Crippen LogP contribution in [0.4, 0.5) is 0 Å². The zero-order valence-corrected chi connectivity index (χ0v) is 9.62. The number of ether oxygens (including phenoxy) is 1. The summed E-state index contributed by atoms with van der Waals surface area (Å²) in [7, 11) is 0. The second kappa shape index (κ2) is 5.54. The Kier molecular flexibility index (Phi) is 4.35. The molecule has 2 heteroatoms. The predicted molar refractivity (Wildman–Crippen MR) is 61.3 cm³/mol. The molecule has 0 saturated heterocycles. The van der Waals surface area contributed by atoms with Gasteiger partial charge in [0.15, 0.2) is 0 Å². The normalized spacial score (nSPS) is 10.4. The molecule has 82 valence electrons. The Bertz CT molecular complexity index is 329. The number of benzene rings is 1. The van der Waals surface area contributed by atoms with Crippen LogP contribution in [0, 0.1) is 6.92 Å². The third-order valence-corrected chi connectivity index (χ3v) is 2.24. The molecule has 0 heterocycles. The lowest BCUT2D eigenvalue weighted by molar-refractivity contribution is -0.107. The molecular weight excluding hydrogens is 188 g/mol. The third-order valence-electron chi connectivity index (χ3n) is 2.24. The first-order valence-electron chi connectivity index (χ1n) is 5.34. The van der Waals surface area contributed by atoms with Crippen LogP contribution < -0.4 is 4.74 Å². The van der Waals surface area contributed by atoms with Crippen LogP contribution in [-0.4, -0.2) is 12.4 Å². The average Bonchev–Trinajstić information content (AvgIpc) is 2.16. The lowest BCUT2D eigenvalue weighted by Gasteiger charge is -2.15. The van der Waals surface area contributed by atoms with Crippen LogP contribution in [0.5, 0.6) is 5.75 Å². The van der Waals surface area contributed by atoms with E-state index in [-0.39, 0.29) is 6.10 Å². The molecular formula is C13H18O2. The van der Waals surface area contributed by atoms with Gasteiger partial charge in [0.2, 0.25) is 0 Å². The molecule has 0 aliphatic rings. The van der Waals surface area contributed by atoms with Gasteiger partial charge in [-0.25, -0.2) is 0 Å². The molecule has 0 unspecified atom stereocenters. The standard InChI is InChI=1S/C13H18O2/c1-10(2)15-13-8-4-6-11(3)12(13)7-5-9-14/h4,6,8-10H,5,7H2,1-3H3. The maximum Gasteiger partial charge on any atom is 0.123 e. The van der Waals surface area contributed by atoms with Gasteiger partial charge in [0.05, 0.1) is 6.10 Å². The van der Waals surface area contributed by atoms with Gasteiger partial charge in [0, 0.05) is 6.42 Å². The van der Waals surface area contributed by atoms with Gasteiger partial charge in [-0.15, -0.1) is 0 Å². The zero-order chi connectivity index (χ0) is 11.3. The van der Waals surface area contributed by atoms with E-state index in [9.17, 15) is 4.79 Å². The SMILES string of the molecule is Cc1cccc(OC(C)C)c1CCC=O.